The van der Waals surface area contributed by atoms with Crippen molar-refractivity contribution in [1.82, 2.24) is 4.98 Å². The number of hydrogen-bond acceptors (Lipinski definition) is 6. The van der Waals surface area contributed by atoms with E-state index in [-0.39, 0.29) is 24.7 Å². The molecule has 0 aromatic carbocycles. The van der Waals surface area contributed by atoms with Gasteiger partial charge in [0.1, 0.15) is 5.78 Å². The highest BCUT2D eigenvalue weighted by atomic mass is 16.3. The summed E-state index contributed by atoms with van der Waals surface area (Å²) in [5.74, 6) is -0.847. The molecular weight excluding hydrogens is 430 g/mol. The SMILES string of the molecule is CC(=CC[C@H](O)C(C)=Cc1cccnc1)CCC[C@H](C)[C@H](O)[C@@H](C)C(=O)C(C)(C)[C@@H](O)CCO. The molecule has 1 rings (SSSR count). The summed E-state index contributed by atoms with van der Waals surface area (Å²) >= 11 is 0. The lowest BCUT2D eigenvalue weighted by Gasteiger charge is -2.34. The number of nitrogens with zero attached hydrogens (tertiary/aromatic N) is 1. The van der Waals surface area contributed by atoms with Gasteiger partial charge < -0.3 is 20.4 Å². The quantitative estimate of drug-likeness (QED) is 0.281. The molecule has 1 aromatic heterocycles. The molecule has 0 fully saturated rings. The van der Waals surface area contributed by atoms with Crippen molar-refractivity contribution in [3.05, 3.63) is 47.3 Å². The summed E-state index contributed by atoms with van der Waals surface area (Å²) in [5.41, 5.74) is 2.02. The first-order valence-electron chi connectivity index (χ1n) is 12.3. The van der Waals surface area contributed by atoms with Crippen LogP contribution < -0.4 is 0 Å². The van der Waals surface area contributed by atoms with Gasteiger partial charge >= 0.3 is 0 Å². The lowest BCUT2D eigenvalue weighted by atomic mass is 9.73. The summed E-state index contributed by atoms with van der Waals surface area (Å²) in [6, 6.07) is 3.82. The van der Waals surface area contributed by atoms with Crippen LogP contribution in [0.3, 0.4) is 0 Å². The maximum Gasteiger partial charge on any atom is 0.146 e. The number of ketones is 1. The van der Waals surface area contributed by atoms with Crippen LogP contribution in [0.15, 0.2) is 41.7 Å². The highest BCUT2D eigenvalue weighted by molar-refractivity contribution is 5.87. The Morgan fingerprint density at radius 3 is 2.41 bits per heavy atom. The van der Waals surface area contributed by atoms with E-state index in [9.17, 15) is 20.1 Å². The molecule has 0 saturated heterocycles. The van der Waals surface area contributed by atoms with E-state index >= 15 is 0 Å². The number of aliphatic hydroxyl groups is 4. The largest absolute Gasteiger partial charge is 0.396 e. The maximum absolute atomic E-state index is 12.9. The molecule has 1 heterocycles. The highest BCUT2D eigenvalue weighted by Gasteiger charge is 2.40. The van der Waals surface area contributed by atoms with Gasteiger partial charge in [0.2, 0.25) is 0 Å². The molecule has 0 radical (unpaired) electrons. The van der Waals surface area contributed by atoms with Crippen molar-refractivity contribution in [2.75, 3.05) is 6.61 Å². The van der Waals surface area contributed by atoms with Gasteiger partial charge in [-0.25, -0.2) is 0 Å². The van der Waals surface area contributed by atoms with Crippen LogP contribution in [-0.4, -0.2) is 56.1 Å². The van der Waals surface area contributed by atoms with Crippen LogP contribution in [0.1, 0.15) is 79.2 Å². The standard InChI is InChI=1S/C28H45NO5/c1-19(12-13-24(31)21(3)17-23-11-8-15-29-18-23)9-7-10-20(2)26(33)22(4)27(34)28(5,6)25(32)14-16-30/h8,11-12,15,17-18,20,22,24-26,30-33H,7,9-10,13-14,16H2,1-6H3/t20-,22+,24-,25-,26-/m0/s1. The van der Waals surface area contributed by atoms with Crippen molar-refractivity contribution < 1.29 is 25.2 Å². The Morgan fingerprint density at radius 1 is 1.15 bits per heavy atom. The third-order valence-electron chi connectivity index (χ3n) is 6.90. The van der Waals surface area contributed by atoms with Gasteiger partial charge in [0.25, 0.3) is 0 Å². The third-order valence-corrected chi connectivity index (χ3v) is 6.90. The van der Waals surface area contributed by atoms with Crippen LogP contribution in [-0.2, 0) is 4.79 Å². The zero-order valence-electron chi connectivity index (χ0n) is 21.7. The zero-order valence-corrected chi connectivity index (χ0v) is 21.7. The normalized spacial score (nSPS) is 17.7. The summed E-state index contributed by atoms with van der Waals surface area (Å²) in [5, 5.41) is 40.5. The van der Waals surface area contributed by atoms with Gasteiger partial charge in [0.15, 0.2) is 0 Å². The first kappa shape index (κ1) is 30.2. The molecule has 5 atom stereocenters. The monoisotopic (exact) mass is 475 g/mol. The van der Waals surface area contributed by atoms with Crippen LogP contribution in [0.2, 0.25) is 0 Å². The fraction of sp³-hybridized carbons (Fsp3) is 0.643. The second-order valence-corrected chi connectivity index (χ2v) is 10.2. The van der Waals surface area contributed by atoms with Crippen LogP contribution in [0.4, 0.5) is 0 Å². The average Bonchev–Trinajstić information content (AvgIpc) is 2.81. The summed E-state index contributed by atoms with van der Waals surface area (Å²) < 4.78 is 0. The average molecular weight is 476 g/mol. The van der Waals surface area contributed by atoms with E-state index in [0.717, 1.165) is 30.4 Å². The highest BCUT2D eigenvalue weighted by Crippen LogP contribution is 2.31. The van der Waals surface area contributed by atoms with E-state index in [4.69, 9.17) is 5.11 Å². The van der Waals surface area contributed by atoms with Gasteiger partial charge in [0.05, 0.1) is 18.3 Å². The Labute approximate surface area is 205 Å². The van der Waals surface area contributed by atoms with Gasteiger partial charge in [-0.1, -0.05) is 51.5 Å². The second kappa shape index (κ2) is 14.5. The summed E-state index contributed by atoms with van der Waals surface area (Å²) in [6.07, 6.45) is 8.38. The molecule has 1 aromatic rings. The smallest absolute Gasteiger partial charge is 0.146 e. The van der Waals surface area contributed by atoms with E-state index in [1.54, 1.807) is 33.2 Å². The van der Waals surface area contributed by atoms with Gasteiger partial charge in [0, 0.05) is 30.3 Å². The molecule has 0 bridgehead atoms. The molecule has 0 aliphatic carbocycles. The number of aliphatic hydroxyl groups excluding tert-OH is 4. The zero-order chi connectivity index (χ0) is 25.9. The molecule has 34 heavy (non-hydrogen) atoms. The van der Waals surface area contributed by atoms with Crippen molar-refractivity contribution >= 4 is 11.9 Å². The van der Waals surface area contributed by atoms with Gasteiger partial charge in [-0.05, 0) is 69.1 Å². The van der Waals surface area contributed by atoms with Crippen LogP contribution in [0.5, 0.6) is 0 Å². The Balaban J connectivity index is 2.52. The summed E-state index contributed by atoms with van der Waals surface area (Å²) in [6.45, 7) is 10.8. The lowest BCUT2D eigenvalue weighted by molar-refractivity contribution is -0.142. The minimum atomic E-state index is -1.02. The lowest BCUT2D eigenvalue weighted by Crippen LogP contribution is -2.45. The Hall–Kier alpha value is -1.86. The summed E-state index contributed by atoms with van der Waals surface area (Å²) in [4.78, 5) is 17.0. The predicted octanol–water partition coefficient (Wildman–Crippen LogP) is 4.32. The number of allylic oxidation sites excluding steroid dienone is 1. The van der Waals surface area contributed by atoms with Gasteiger partial charge in [-0.3, -0.25) is 9.78 Å². The van der Waals surface area contributed by atoms with Crippen LogP contribution in [0.25, 0.3) is 6.08 Å². The minimum Gasteiger partial charge on any atom is -0.396 e. The first-order valence-corrected chi connectivity index (χ1v) is 12.3. The number of Topliss-reactive ketones (excluding diaryl/α,β-unsaturated/α-hetero) is 1. The molecule has 0 aliphatic heterocycles. The topological polar surface area (TPSA) is 111 Å². The maximum atomic E-state index is 12.9. The molecule has 0 unspecified atom stereocenters. The van der Waals surface area contributed by atoms with E-state index in [1.807, 2.05) is 39.0 Å². The molecule has 0 saturated carbocycles. The van der Waals surface area contributed by atoms with Gasteiger partial charge in [-0.2, -0.15) is 0 Å². The van der Waals surface area contributed by atoms with Gasteiger partial charge in [-0.15, -0.1) is 0 Å². The van der Waals surface area contributed by atoms with Crippen molar-refractivity contribution in [3.63, 3.8) is 0 Å². The number of hydrogen-bond donors (Lipinski definition) is 4. The van der Waals surface area contributed by atoms with E-state index in [1.165, 1.54) is 5.57 Å². The first-order chi connectivity index (χ1) is 15.9. The number of carbonyl (C=O) groups is 1. The molecule has 0 amide bonds. The Morgan fingerprint density at radius 2 is 1.82 bits per heavy atom. The molecule has 0 aliphatic rings. The molecule has 6 nitrogen and oxygen atoms in total. The Bertz CT molecular complexity index is 802. The molecule has 4 N–H and O–H groups in total. The second-order valence-electron chi connectivity index (χ2n) is 10.2. The van der Waals surface area contributed by atoms with Crippen LogP contribution >= 0.6 is 0 Å². The number of pyridine rings is 1. The fourth-order valence-electron chi connectivity index (χ4n) is 4.18. The number of rotatable bonds is 15. The fourth-order valence-corrected chi connectivity index (χ4v) is 4.18. The molecule has 6 heteroatoms. The number of carbonyl (C=O) groups excluding carboxylic acids is 1. The molecule has 192 valence electrons. The Kier molecular flexibility index (Phi) is 12.9. The van der Waals surface area contributed by atoms with Crippen molar-refractivity contribution in [1.29, 1.82) is 0 Å². The molecular formula is C28H45NO5. The van der Waals surface area contributed by atoms with E-state index in [2.05, 4.69) is 11.1 Å². The predicted molar refractivity (Wildman–Crippen MR) is 137 cm³/mol. The van der Waals surface area contributed by atoms with E-state index < -0.39 is 29.6 Å². The van der Waals surface area contributed by atoms with Crippen molar-refractivity contribution in [3.8, 4) is 0 Å². The third kappa shape index (κ3) is 9.41. The summed E-state index contributed by atoms with van der Waals surface area (Å²) in [7, 11) is 0. The molecule has 0 spiro atoms. The van der Waals surface area contributed by atoms with Crippen molar-refractivity contribution in [2.24, 2.45) is 17.3 Å². The minimum absolute atomic E-state index is 0.0622. The van der Waals surface area contributed by atoms with E-state index in [0.29, 0.717) is 6.42 Å². The van der Waals surface area contributed by atoms with Crippen LogP contribution in [0, 0.1) is 17.3 Å². The number of aromatic nitrogens is 1. The van der Waals surface area contributed by atoms with Crippen molar-refractivity contribution in [2.45, 2.75) is 92.0 Å².